The molecule has 2 aromatic carbocycles. The van der Waals surface area contributed by atoms with Crippen molar-refractivity contribution in [1.29, 1.82) is 0 Å². The lowest BCUT2D eigenvalue weighted by Crippen LogP contribution is -2.52. The fraction of sp³-hybridized carbons (Fsp3) is 0.385. The predicted molar refractivity (Wildman–Crippen MR) is 128 cm³/mol. The summed E-state index contributed by atoms with van der Waals surface area (Å²) in [5, 5.41) is 0. The number of hydrogen-bond acceptors (Lipinski definition) is 6. The molecule has 6 nitrogen and oxygen atoms in total. The Morgan fingerprint density at radius 1 is 0.559 bits per heavy atom. The zero-order valence-corrected chi connectivity index (χ0v) is 20.7. The summed E-state index contributed by atoms with van der Waals surface area (Å²) < 4.78 is 62.3. The van der Waals surface area contributed by atoms with E-state index in [1.54, 1.807) is 24.3 Å². The highest BCUT2D eigenvalue weighted by atomic mass is 32.2. The van der Waals surface area contributed by atoms with Gasteiger partial charge in [0.05, 0.1) is 23.0 Å². The van der Waals surface area contributed by atoms with E-state index in [0.717, 1.165) is 11.1 Å². The maximum Gasteiger partial charge on any atom is 0.296 e. The highest BCUT2D eigenvalue weighted by Gasteiger charge is 2.53. The quantitative estimate of drug-likeness (QED) is 0.398. The summed E-state index contributed by atoms with van der Waals surface area (Å²) in [4.78, 5) is 0.233. The lowest BCUT2D eigenvalue weighted by molar-refractivity contribution is -0.0116. The summed E-state index contributed by atoms with van der Waals surface area (Å²) in [5.74, 6) is 0.489. The van der Waals surface area contributed by atoms with Gasteiger partial charge in [0.2, 0.25) is 0 Å². The Kier molecular flexibility index (Phi) is 6.04. The van der Waals surface area contributed by atoms with Gasteiger partial charge in [-0.3, -0.25) is 8.37 Å². The van der Waals surface area contributed by atoms with E-state index in [0.29, 0.717) is 11.8 Å². The third-order valence-electron chi connectivity index (χ3n) is 7.43. The van der Waals surface area contributed by atoms with Crippen molar-refractivity contribution in [2.75, 3.05) is 13.2 Å². The standard InChI is InChI=1S/C26H28O6S2/c1-17-3-7-19(8-4-17)33(27,28)31-15-25-23-13-14-24(22-12-11-21(22)23)26(25)16-32-34(29,30)20-9-5-18(2)6-10-20/h3-14,21-26H,15-16H2,1-2H3/t21-,22-,23+,24+,25-,26+/m0/s1. The molecule has 1 saturated carbocycles. The molecule has 8 heteroatoms. The monoisotopic (exact) mass is 500 g/mol. The minimum absolute atomic E-state index is 0.0165. The van der Waals surface area contributed by atoms with Crippen LogP contribution in [0.15, 0.2) is 82.6 Å². The molecule has 0 saturated heterocycles. The Hall–Kier alpha value is -2.26. The molecule has 0 amide bonds. The first kappa shape index (κ1) is 23.5. The van der Waals surface area contributed by atoms with Crippen molar-refractivity contribution in [2.45, 2.75) is 23.6 Å². The number of benzene rings is 2. The molecule has 180 valence electrons. The molecule has 1 fully saturated rings. The predicted octanol–water partition coefficient (Wildman–Crippen LogP) is 4.26. The molecule has 0 aromatic heterocycles. The first-order valence-corrected chi connectivity index (χ1v) is 14.3. The Labute approximate surface area is 201 Å². The van der Waals surface area contributed by atoms with Crippen LogP contribution in [0.2, 0.25) is 0 Å². The summed E-state index contributed by atoms with van der Waals surface area (Å²) in [6, 6.07) is 13.1. The van der Waals surface area contributed by atoms with Crippen molar-refractivity contribution < 1.29 is 25.2 Å². The maximum absolute atomic E-state index is 12.8. The van der Waals surface area contributed by atoms with E-state index in [2.05, 4.69) is 24.3 Å². The van der Waals surface area contributed by atoms with Crippen LogP contribution in [0, 0.1) is 49.4 Å². The molecule has 0 radical (unpaired) electrons. The minimum Gasteiger partial charge on any atom is -0.266 e. The van der Waals surface area contributed by atoms with Crippen LogP contribution in [-0.4, -0.2) is 30.0 Å². The molecule has 0 unspecified atom stereocenters. The number of hydrogen-bond donors (Lipinski definition) is 0. The van der Waals surface area contributed by atoms with Crippen molar-refractivity contribution in [3.8, 4) is 0 Å². The minimum atomic E-state index is -3.92. The van der Waals surface area contributed by atoms with Gasteiger partial charge in [0.25, 0.3) is 20.2 Å². The molecule has 2 bridgehead atoms. The van der Waals surface area contributed by atoms with E-state index < -0.39 is 20.2 Å². The Morgan fingerprint density at radius 3 is 1.21 bits per heavy atom. The molecule has 6 atom stereocenters. The van der Waals surface area contributed by atoms with Gasteiger partial charge in [-0.05, 0) is 73.6 Å². The van der Waals surface area contributed by atoms with Crippen LogP contribution in [-0.2, 0) is 28.6 Å². The fourth-order valence-electron chi connectivity index (χ4n) is 5.43. The third kappa shape index (κ3) is 4.28. The van der Waals surface area contributed by atoms with Crippen LogP contribution in [0.25, 0.3) is 0 Å². The molecule has 6 rings (SSSR count). The second kappa shape index (κ2) is 8.75. The van der Waals surface area contributed by atoms with Gasteiger partial charge >= 0.3 is 0 Å². The van der Waals surface area contributed by atoms with Gasteiger partial charge < -0.3 is 0 Å². The second-order valence-electron chi connectivity index (χ2n) is 9.51. The molecule has 0 N–H and O–H groups in total. The van der Waals surface area contributed by atoms with E-state index in [4.69, 9.17) is 8.37 Å². The second-order valence-corrected chi connectivity index (χ2v) is 12.7. The SMILES string of the molecule is Cc1ccc(S(=O)(=O)OC[C@@H]2[C@@H]3C=C[C@H]([C@H]4C=C[C@@H]43)[C@@H]2COS(=O)(=O)c2ccc(C)cc2)cc1. The van der Waals surface area contributed by atoms with Crippen LogP contribution < -0.4 is 0 Å². The Balaban J connectivity index is 1.34. The molecule has 34 heavy (non-hydrogen) atoms. The van der Waals surface area contributed by atoms with Crippen molar-refractivity contribution in [3.05, 3.63) is 84.0 Å². The molecule has 0 heterocycles. The number of fused-ring (bicyclic) bond motifs is 1. The van der Waals surface area contributed by atoms with Crippen LogP contribution in [0.5, 0.6) is 0 Å². The van der Waals surface area contributed by atoms with Gasteiger partial charge in [-0.15, -0.1) is 0 Å². The fourth-order valence-corrected chi connectivity index (χ4v) is 7.31. The zero-order chi connectivity index (χ0) is 24.1. The van der Waals surface area contributed by atoms with Crippen LogP contribution >= 0.6 is 0 Å². The van der Waals surface area contributed by atoms with Gasteiger partial charge in [0, 0.05) is 0 Å². The topological polar surface area (TPSA) is 86.7 Å². The smallest absolute Gasteiger partial charge is 0.266 e. The van der Waals surface area contributed by atoms with Gasteiger partial charge in [-0.2, -0.15) is 16.8 Å². The first-order valence-electron chi connectivity index (χ1n) is 11.4. The Morgan fingerprint density at radius 2 is 0.882 bits per heavy atom. The highest BCUT2D eigenvalue weighted by Crippen LogP contribution is 2.56. The zero-order valence-electron chi connectivity index (χ0n) is 19.1. The lowest BCUT2D eigenvalue weighted by atomic mass is 9.50. The molecule has 4 aliphatic carbocycles. The van der Waals surface area contributed by atoms with Crippen molar-refractivity contribution in [2.24, 2.45) is 35.5 Å². The van der Waals surface area contributed by atoms with E-state index >= 15 is 0 Å². The summed E-state index contributed by atoms with van der Waals surface area (Å²) in [5.41, 5.74) is 1.92. The Bertz CT molecular complexity index is 1220. The first-order chi connectivity index (χ1) is 16.2. The molecule has 2 aromatic rings. The molecule has 0 spiro atoms. The number of rotatable bonds is 8. The highest BCUT2D eigenvalue weighted by molar-refractivity contribution is 7.87. The van der Waals surface area contributed by atoms with E-state index in [1.807, 2.05) is 13.8 Å². The number of allylic oxidation sites excluding steroid dienone is 4. The van der Waals surface area contributed by atoms with Gasteiger partial charge in [-0.1, -0.05) is 59.7 Å². The van der Waals surface area contributed by atoms with Gasteiger partial charge in [-0.25, -0.2) is 0 Å². The van der Waals surface area contributed by atoms with E-state index in [9.17, 15) is 16.8 Å². The largest absolute Gasteiger partial charge is 0.296 e. The van der Waals surface area contributed by atoms with E-state index in [1.165, 1.54) is 24.3 Å². The van der Waals surface area contributed by atoms with Crippen molar-refractivity contribution in [1.82, 2.24) is 0 Å². The lowest BCUT2D eigenvalue weighted by Gasteiger charge is -2.55. The van der Waals surface area contributed by atoms with Crippen molar-refractivity contribution >= 4 is 20.2 Å². The molecular weight excluding hydrogens is 472 g/mol. The summed E-state index contributed by atoms with van der Waals surface area (Å²) in [6.45, 7) is 3.75. The molecular formula is C26H28O6S2. The molecule has 0 aliphatic heterocycles. The normalized spacial score (nSPS) is 29.6. The third-order valence-corrected chi connectivity index (χ3v) is 10.0. The van der Waals surface area contributed by atoms with Crippen LogP contribution in [0.4, 0.5) is 0 Å². The van der Waals surface area contributed by atoms with Crippen LogP contribution in [0.1, 0.15) is 11.1 Å². The van der Waals surface area contributed by atoms with Gasteiger partial charge in [0.1, 0.15) is 0 Å². The number of aryl methyl sites for hydroxylation is 2. The molecule has 4 aliphatic rings. The summed E-state index contributed by atoms with van der Waals surface area (Å²) in [6.07, 6.45) is 8.58. The summed E-state index contributed by atoms with van der Waals surface area (Å²) in [7, 11) is -7.84. The van der Waals surface area contributed by atoms with E-state index in [-0.39, 0.29) is 46.7 Å². The van der Waals surface area contributed by atoms with Crippen LogP contribution in [0.3, 0.4) is 0 Å². The summed E-state index contributed by atoms with van der Waals surface area (Å²) >= 11 is 0. The maximum atomic E-state index is 12.8. The average molecular weight is 501 g/mol. The van der Waals surface area contributed by atoms with Crippen molar-refractivity contribution in [3.63, 3.8) is 0 Å². The van der Waals surface area contributed by atoms with Gasteiger partial charge in [0.15, 0.2) is 0 Å². The average Bonchev–Trinajstić information content (AvgIpc) is 2.77.